The topological polar surface area (TPSA) is 89.8 Å². The van der Waals surface area contributed by atoms with Crippen LogP contribution in [0.3, 0.4) is 0 Å². The van der Waals surface area contributed by atoms with Gasteiger partial charge in [-0.3, -0.25) is 9.59 Å². The first-order chi connectivity index (χ1) is 14.1. The van der Waals surface area contributed by atoms with E-state index in [2.05, 4.69) is 20.7 Å². The third-order valence-corrected chi connectivity index (χ3v) is 4.93. The molecule has 0 saturated carbocycles. The maximum atomic E-state index is 13.0. The molecule has 0 saturated heterocycles. The summed E-state index contributed by atoms with van der Waals surface area (Å²) in [5.74, 6) is -0.637. The van der Waals surface area contributed by atoms with Crippen molar-refractivity contribution in [3.63, 3.8) is 0 Å². The lowest BCUT2D eigenvalue weighted by Gasteiger charge is -2.07. The van der Waals surface area contributed by atoms with E-state index in [0.717, 1.165) is 0 Å². The SMILES string of the molecule is O=C(Cn1nnc(-c2ccccc2NC(=O)c2cccs2)n1)c1ccc(F)cc1. The summed E-state index contributed by atoms with van der Waals surface area (Å²) < 4.78 is 13.0. The van der Waals surface area contributed by atoms with Gasteiger partial charge < -0.3 is 5.32 Å². The Balaban J connectivity index is 1.53. The van der Waals surface area contributed by atoms with Gasteiger partial charge in [-0.2, -0.15) is 4.80 Å². The number of benzene rings is 2. The predicted molar refractivity (Wildman–Crippen MR) is 106 cm³/mol. The highest BCUT2D eigenvalue weighted by Crippen LogP contribution is 2.25. The maximum Gasteiger partial charge on any atom is 0.265 e. The van der Waals surface area contributed by atoms with Gasteiger partial charge in [-0.25, -0.2) is 4.39 Å². The Morgan fingerprint density at radius 1 is 1.03 bits per heavy atom. The molecular formula is C20H14FN5O2S. The van der Waals surface area contributed by atoms with Gasteiger partial charge in [0.2, 0.25) is 5.82 Å². The summed E-state index contributed by atoms with van der Waals surface area (Å²) in [4.78, 5) is 26.4. The molecule has 9 heteroatoms. The lowest BCUT2D eigenvalue weighted by atomic mass is 10.1. The fraction of sp³-hybridized carbons (Fsp3) is 0.0500. The summed E-state index contributed by atoms with van der Waals surface area (Å²) in [6, 6.07) is 15.9. The highest BCUT2D eigenvalue weighted by molar-refractivity contribution is 7.12. The van der Waals surface area contributed by atoms with E-state index in [9.17, 15) is 14.0 Å². The van der Waals surface area contributed by atoms with Crippen molar-refractivity contribution in [2.45, 2.75) is 6.54 Å². The zero-order valence-corrected chi connectivity index (χ0v) is 15.8. The van der Waals surface area contributed by atoms with E-state index in [1.165, 1.54) is 40.4 Å². The van der Waals surface area contributed by atoms with Crippen molar-refractivity contribution in [1.29, 1.82) is 0 Å². The second-order valence-corrected chi connectivity index (χ2v) is 7.00. The molecule has 4 aromatic rings. The van der Waals surface area contributed by atoms with Crippen LogP contribution in [0.25, 0.3) is 11.4 Å². The van der Waals surface area contributed by atoms with Crippen molar-refractivity contribution in [1.82, 2.24) is 20.2 Å². The van der Waals surface area contributed by atoms with Crippen molar-refractivity contribution >= 4 is 28.7 Å². The molecule has 2 aromatic carbocycles. The van der Waals surface area contributed by atoms with Crippen LogP contribution >= 0.6 is 11.3 Å². The quantitative estimate of drug-likeness (QED) is 0.493. The van der Waals surface area contributed by atoms with Gasteiger partial charge in [0.05, 0.1) is 10.6 Å². The number of aromatic nitrogens is 4. The fourth-order valence-electron chi connectivity index (χ4n) is 2.65. The van der Waals surface area contributed by atoms with Gasteiger partial charge in [0.25, 0.3) is 5.91 Å². The number of ketones is 1. The highest BCUT2D eigenvalue weighted by Gasteiger charge is 2.16. The molecule has 0 spiro atoms. The molecule has 0 bridgehead atoms. The standard InChI is InChI=1S/C20H14FN5O2S/c21-14-9-7-13(8-10-14)17(27)12-26-24-19(23-25-26)15-4-1-2-5-16(15)22-20(28)18-6-3-11-29-18/h1-11H,12H2,(H,22,28). The number of para-hydroxylation sites is 1. The maximum absolute atomic E-state index is 13.0. The van der Waals surface area contributed by atoms with Crippen LogP contribution in [0.4, 0.5) is 10.1 Å². The van der Waals surface area contributed by atoms with E-state index >= 15 is 0 Å². The number of nitrogens with zero attached hydrogens (tertiary/aromatic N) is 4. The van der Waals surface area contributed by atoms with Crippen LogP contribution in [0.1, 0.15) is 20.0 Å². The minimum atomic E-state index is -0.413. The number of hydrogen-bond donors (Lipinski definition) is 1. The van der Waals surface area contributed by atoms with Gasteiger partial charge in [0.1, 0.15) is 12.4 Å². The number of thiophene rings is 1. The van der Waals surface area contributed by atoms with Gasteiger partial charge in [-0.15, -0.1) is 21.5 Å². The number of tetrazole rings is 1. The Morgan fingerprint density at radius 3 is 2.59 bits per heavy atom. The highest BCUT2D eigenvalue weighted by atomic mass is 32.1. The van der Waals surface area contributed by atoms with Crippen molar-refractivity contribution in [2.75, 3.05) is 5.32 Å². The molecule has 0 atom stereocenters. The molecule has 144 valence electrons. The normalized spacial score (nSPS) is 10.7. The summed E-state index contributed by atoms with van der Waals surface area (Å²) >= 11 is 1.34. The molecule has 0 fully saturated rings. The van der Waals surface area contributed by atoms with E-state index in [1.54, 1.807) is 36.4 Å². The minimum Gasteiger partial charge on any atom is -0.321 e. The van der Waals surface area contributed by atoms with E-state index in [1.807, 2.05) is 5.38 Å². The number of amides is 1. The van der Waals surface area contributed by atoms with Gasteiger partial charge in [0, 0.05) is 11.1 Å². The molecule has 0 aliphatic carbocycles. The molecule has 4 rings (SSSR count). The van der Waals surface area contributed by atoms with Crippen LogP contribution in [-0.4, -0.2) is 31.9 Å². The molecule has 1 N–H and O–H groups in total. The van der Waals surface area contributed by atoms with Crippen molar-refractivity contribution in [2.24, 2.45) is 0 Å². The molecule has 7 nitrogen and oxygen atoms in total. The first-order valence-electron chi connectivity index (χ1n) is 8.61. The van der Waals surface area contributed by atoms with Crippen LogP contribution in [0.15, 0.2) is 66.0 Å². The number of carbonyl (C=O) groups excluding carboxylic acids is 2. The average Bonchev–Trinajstić information content (AvgIpc) is 3.41. The molecule has 0 aliphatic heterocycles. The minimum absolute atomic E-state index is 0.137. The second kappa shape index (κ2) is 8.11. The third kappa shape index (κ3) is 4.25. The number of rotatable bonds is 6. The van der Waals surface area contributed by atoms with Crippen LogP contribution < -0.4 is 5.32 Å². The molecule has 2 aromatic heterocycles. The first-order valence-corrected chi connectivity index (χ1v) is 9.49. The van der Waals surface area contributed by atoms with E-state index in [4.69, 9.17) is 0 Å². The lowest BCUT2D eigenvalue weighted by Crippen LogP contribution is -2.13. The zero-order chi connectivity index (χ0) is 20.2. The second-order valence-electron chi connectivity index (χ2n) is 6.05. The Labute approximate surface area is 168 Å². The van der Waals surface area contributed by atoms with Crippen LogP contribution in [0.5, 0.6) is 0 Å². The number of halogens is 1. The molecule has 0 aliphatic rings. The predicted octanol–water partition coefficient (Wildman–Crippen LogP) is 3.68. The Bertz CT molecular complexity index is 1160. The van der Waals surface area contributed by atoms with Gasteiger partial charge in [-0.05, 0) is 53.1 Å². The third-order valence-electron chi connectivity index (χ3n) is 4.07. The largest absolute Gasteiger partial charge is 0.321 e. The molecule has 0 unspecified atom stereocenters. The first kappa shape index (κ1) is 18.6. The number of hydrogen-bond acceptors (Lipinski definition) is 6. The summed E-state index contributed by atoms with van der Waals surface area (Å²) in [6.45, 7) is -0.137. The van der Waals surface area contributed by atoms with Gasteiger partial charge in [-0.1, -0.05) is 18.2 Å². The monoisotopic (exact) mass is 407 g/mol. The molecule has 0 radical (unpaired) electrons. The van der Waals surface area contributed by atoms with Crippen molar-refractivity contribution in [3.8, 4) is 11.4 Å². The van der Waals surface area contributed by atoms with Crippen LogP contribution in [-0.2, 0) is 6.54 Å². The summed E-state index contributed by atoms with van der Waals surface area (Å²) in [6.07, 6.45) is 0. The average molecular weight is 407 g/mol. The van der Waals surface area contributed by atoms with Crippen molar-refractivity contribution in [3.05, 3.63) is 82.3 Å². The van der Waals surface area contributed by atoms with Crippen LogP contribution in [0.2, 0.25) is 0 Å². The molecule has 2 heterocycles. The lowest BCUT2D eigenvalue weighted by molar-refractivity contribution is 0.0960. The Morgan fingerprint density at radius 2 is 1.83 bits per heavy atom. The summed E-state index contributed by atoms with van der Waals surface area (Å²) in [5, 5.41) is 16.8. The fourth-order valence-corrected chi connectivity index (χ4v) is 3.27. The summed E-state index contributed by atoms with van der Waals surface area (Å²) in [7, 11) is 0. The Kier molecular flexibility index (Phi) is 5.21. The van der Waals surface area contributed by atoms with E-state index < -0.39 is 5.82 Å². The number of nitrogens with one attached hydrogen (secondary N) is 1. The van der Waals surface area contributed by atoms with Gasteiger partial charge >= 0.3 is 0 Å². The van der Waals surface area contributed by atoms with Gasteiger partial charge in [0.15, 0.2) is 5.78 Å². The number of Topliss-reactive ketones (excluding diaryl/α,β-unsaturated/α-hetero) is 1. The zero-order valence-electron chi connectivity index (χ0n) is 14.9. The van der Waals surface area contributed by atoms with Crippen LogP contribution in [0, 0.1) is 5.82 Å². The molecular weight excluding hydrogens is 393 g/mol. The number of anilines is 1. The van der Waals surface area contributed by atoms with Crippen molar-refractivity contribution < 1.29 is 14.0 Å². The Hall–Kier alpha value is -3.72. The molecule has 29 heavy (non-hydrogen) atoms. The van der Waals surface area contributed by atoms with E-state index in [-0.39, 0.29) is 24.1 Å². The smallest absolute Gasteiger partial charge is 0.265 e. The van der Waals surface area contributed by atoms with E-state index in [0.29, 0.717) is 21.7 Å². The number of carbonyl (C=O) groups is 2. The summed E-state index contributed by atoms with van der Waals surface area (Å²) in [5.41, 5.74) is 1.47. The molecule has 1 amide bonds.